The van der Waals surface area contributed by atoms with Crippen molar-refractivity contribution in [2.45, 2.75) is 0 Å². The summed E-state index contributed by atoms with van der Waals surface area (Å²) in [6.45, 7) is 0. The van der Waals surface area contributed by atoms with E-state index >= 15 is 0 Å². The van der Waals surface area contributed by atoms with E-state index in [1.54, 1.807) is 0 Å². The van der Waals surface area contributed by atoms with E-state index in [1.807, 2.05) is 0 Å². The fourth-order valence-corrected chi connectivity index (χ4v) is 2.57. The van der Waals surface area contributed by atoms with E-state index in [0.29, 0.717) is 5.39 Å². The minimum Gasteiger partial charge on any atom is -0.457 e. The van der Waals surface area contributed by atoms with Crippen LogP contribution in [0.1, 0.15) is 0 Å². The Hall–Kier alpha value is -1.39. The molecule has 0 unspecified atom stereocenters. The van der Waals surface area contributed by atoms with Crippen molar-refractivity contribution in [1.82, 2.24) is 0 Å². The van der Waals surface area contributed by atoms with E-state index in [9.17, 15) is 10.0 Å². The second kappa shape index (κ2) is 5.07. The molecule has 0 atom stereocenters. The van der Waals surface area contributed by atoms with Crippen LogP contribution in [-0.2, 0) is 0 Å². The standard InChI is InChI=1S/C12H3B7O3/c13-3-1-2-4-10(19(20)21)7(16)6(15)9(18)12(4)22-11(2)8(17)5(3)14/h1,20-21H. The first-order valence-electron chi connectivity index (χ1n) is 6.27. The summed E-state index contributed by atoms with van der Waals surface area (Å²) in [6.07, 6.45) is 0. The van der Waals surface area contributed by atoms with Gasteiger partial charge in [0.1, 0.15) is 58.2 Å². The van der Waals surface area contributed by atoms with Crippen LogP contribution in [0.2, 0.25) is 0 Å². The average molecular weight is 271 g/mol. The lowest BCUT2D eigenvalue weighted by atomic mass is 9.61. The van der Waals surface area contributed by atoms with Crippen LogP contribution in [0, 0.1) is 0 Å². The molecular formula is C12H3B7O3. The summed E-state index contributed by atoms with van der Waals surface area (Å²) in [7, 11) is 33.2. The van der Waals surface area contributed by atoms with Gasteiger partial charge in [-0.15, -0.1) is 21.9 Å². The summed E-state index contributed by atoms with van der Waals surface area (Å²) >= 11 is 0. The maximum absolute atomic E-state index is 9.64. The van der Waals surface area contributed by atoms with E-state index < -0.39 is 7.12 Å². The molecule has 12 radical (unpaired) electrons. The molecule has 0 spiro atoms. The Morgan fingerprint density at radius 2 is 1.36 bits per heavy atom. The van der Waals surface area contributed by atoms with Crippen molar-refractivity contribution < 1.29 is 14.5 Å². The van der Waals surface area contributed by atoms with Crippen LogP contribution in [0.25, 0.3) is 21.9 Å². The molecule has 0 bridgehead atoms. The van der Waals surface area contributed by atoms with Gasteiger partial charge in [-0.2, -0.15) is 0 Å². The van der Waals surface area contributed by atoms with Gasteiger partial charge in [-0.25, -0.2) is 0 Å². The fourth-order valence-electron chi connectivity index (χ4n) is 2.57. The lowest BCUT2D eigenvalue weighted by molar-refractivity contribution is 0.426. The maximum Gasteiger partial charge on any atom is 0.488 e. The lowest BCUT2D eigenvalue weighted by Crippen LogP contribution is -2.53. The van der Waals surface area contributed by atoms with Gasteiger partial charge in [0.15, 0.2) is 0 Å². The molecule has 1 aromatic heterocycles. The zero-order valence-electron chi connectivity index (χ0n) is 11.4. The fraction of sp³-hybridized carbons (Fsp3) is 0. The molecule has 90 valence electrons. The topological polar surface area (TPSA) is 53.6 Å². The summed E-state index contributed by atoms with van der Waals surface area (Å²) in [4.78, 5) is 0. The molecule has 2 aromatic carbocycles. The predicted octanol–water partition coefficient (Wildman–Crippen LogP) is -5.97. The number of fused-ring (bicyclic) bond motifs is 3. The van der Waals surface area contributed by atoms with E-state index in [1.165, 1.54) is 6.07 Å². The van der Waals surface area contributed by atoms with Gasteiger partial charge in [0.2, 0.25) is 0 Å². The van der Waals surface area contributed by atoms with E-state index in [-0.39, 0.29) is 54.8 Å². The van der Waals surface area contributed by atoms with Crippen LogP contribution < -0.4 is 38.2 Å². The van der Waals surface area contributed by atoms with Gasteiger partial charge in [0.05, 0.1) is 0 Å². The highest BCUT2D eigenvalue weighted by Gasteiger charge is 2.25. The number of rotatable bonds is 1. The second-order valence-electron chi connectivity index (χ2n) is 5.00. The predicted molar refractivity (Wildman–Crippen MR) is 95.9 cm³/mol. The molecular weight excluding hydrogens is 268 g/mol. The van der Waals surface area contributed by atoms with Gasteiger partial charge < -0.3 is 14.5 Å². The van der Waals surface area contributed by atoms with Crippen LogP contribution in [0.15, 0.2) is 10.5 Å². The maximum atomic E-state index is 9.64. The van der Waals surface area contributed by atoms with Gasteiger partial charge in [0.25, 0.3) is 0 Å². The van der Waals surface area contributed by atoms with E-state index in [0.717, 1.165) is 0 Å². The highest BCUT2D eigenvalue weighted by atomic mass is 16.4. The Morgan fingerprint density at radius 3 is 1.95 bits per heavy atom. The van der Waals surface area contributed by atoms with Gasteiger partial charge in [-0.05, 0) is 5.46 Å². The molecule has 3 nitrogen and oxygen atoms in total. The Labute approximate surface area is 135 Å². The van der Waals surface area contributed by atoms with Crippen molar-refractivity contribution >= 4 is 114 Å². The number of hydrogen-bond donors (Lipinski definition) is 2. The van der Waals surface area contributed by atoms with Crippen molar-refractivity contribution in [3.8, 4) is 0 Å². The zero-order chi connectivity index (χ0) is 16.3. The second-order valence-corrected chi connectivity index (χ2v) is 5.00. The van der Waals surface area contributed by atoms with Crippen LogP contribution >= 0.6 is 0 Å². The summed E-state index contributed by atoms with van der Waals surface area (Å²) < 4.78 is 5.63. The first kappa shape index (κ1) is 15.5. The molecule has 0 fully saturated rings. The largest absolute Gasteiger partial charge is 0.488 e. The SMILES string of the molecule is [B]c1cc2c(oc3c([B])c([B])c([B])c(B(O)O)c32)c([B])c1[B]. The van der Waals surface area contributed by atoms with Crippen LogP contribution in [-0.4, -0.2) is 64.2 Å². The number of benzene rings is 2. The molecule has 0 aliphatic rings. The minimum atomic E-state index is -1.88. The Morgan fingerprint density at radius 1 is 0.773 bits per heavy atom. The molecule has 1 heterocycles. The van der Waals surface area contributed by atoms with Gasteiger partial charge in [0, 0.05) is 10.8 Å². The van der Waals surface area contributed by atoms with Crippen molar-refractivity contribution in [1.29, 1.82) is 0 Å². The molecule has 22 heavy (non-hydrogen) atoms. The van der Waals surface area contributed by atoms with E-state index in [2.05, 4.69) is 0 Å². The molecule has 0 amide bonds. The Kier molecular flexibility index (Phi) is 3.57. The normalized spacial score (nSPS) is 11.4. The molecule has 3 rings (SSSR count). The van der Waals surface area contributed by atoms with Gasteiger partial charge in [-0.3, -0.25) is 0 Å². The van der Waals surface area contributed by atoms with Crippen LogP contribution in [0.5, 0.6) is 0 Å². The van der Waals surface area contributed by atoms with Crippen molar-refractivity contribution in [3.63, 3.8) is 0 Å². The third kappa shape index (κ3) is 1.94. The van der Waals surface area contributed by atoms with Crippen molar-refractivity contribution in [2.24, 2.45) is 0 Å². The lowest BCUT2D eigenvalue weighted by Gasteiger charge is -2.14. The first-order valence-corrected chi connectivity index (χ1v) is 6.27. The quantitative estimate of drug-likeness (QED) is 0.433. The minimum absolute atomic E-state index is 0.00540. The van der Waals surface area contributed by atoms with Gasteiger partial charge in [-0.1, -0.05) is 17.0 Å². The molecule has 0 aliphatic heterocycles. The molecule has 10 heteroatoms. The molecule has 3 aromatic rings. The van der Waals surface area contributed by atoms with Crippen molar-refractivity contribution in [3.05, 3.63) is 6.07 Å². The molecule has 0 saturated carbocycles. The monoisotopic (exact) mass is 272 g/mol. The van der Waals surface area contributed by atoms with Crippen molar-refractivity contribution in [2.75, 3.05) is 0 Å². The first-order chi connectivity index (χ1) is 10.3. The smallest absolute Gasteiger partial charge is 0.457 e. The summed E-state index contributed by atoms with van der Waals surface area (Å²) in [6, 6.07) is 1.51. The molecule has 2 N–H and O–H groups in total. The Bertz CT molecular complexity index is 932. The third-order valence-electron chi connectivity index (χ3n) is 3.73. The number of furan rings is 1. The van der Waals surface area contributed by atoms with E-state index in [4.69, 9.17) is 51.5 Å². The summed E-state index contributed by atoms with van der Waals surface area (Å²) in [5, 5.41) is 20.0. The van der Waals surface area contributed by atoms with Crippen LogP contribution in [0.4, 0.5) is 0 Å². The third-order valence-corrected chi connectivity index (χ3v) is 3.73. The van der Waals surface area contributed by atoms with Crippen LogP contribution in [0.3, 0.4) is 0 Å². The summed E-state index contributed by atoms with van der Waals surface area (Å²) in [5.41, 5.74) is 0.875. The summed E-state index contributed by atoms with van der Waals surface area (Å²) in [5.74, 6) is 0. The Balaban J connectivity index is 2.67. The van der Waals surface area contributed by atoms with Gasteiger partial charge >= 0.3 is 7.12 Å². The highest BCUT2D eigenvalue weighted by Crippen LogP contribution is 2.23. The molecule has 0 aliphatic carbocycles. The molecule has 0 saturated heterocycles. The average Bonchev–Trinajstić information content (AvgIpc) is 2.82. The zero-order valence-corrected chi connectivity index (χ0v) is 11.4. The highest BCUT2D eigenvalue weighted by molar-refractivity contribution is 6.74. The number of hydrogen-bond acceptors (Lipinski definition) is 3.